The Morgan fingerprint density at radius 2 is 2.00 bits per heavy atom. The number of hydrogen-bond donors (Lipinski definition) is 0. The smallest absolute Gasteiger partial charge is 0.309 e. The predicted octanol–water partition coefficient (Wildman–Crippen LogP) is 5.00. The molecule has 0 radical (unpaired) electrons. The van der Waals surface area contributed by atoms with Gasteiger partial charge in [-0.1, -0.05) is 17.8 Å². The number of fused-ring (bicyclic) bond motifs is 3. The lowest BCUT2D eigenvalue weighted by molar-refractivity contribution is -0.137. The summed E-state index contributed by atoms with van der Waals surface area (Å²) in [6, 6.07) is 4.93. The lowest BCUT2D eigenvalue weighted by Gasteiger charge is -2.16. The van der Waals surface area contributed by atoms with Crippen molar-refractivity contribution in [2.75, 3.05) is 26.4 Å². The first kappa shape index (κ1) is 21.4. The van der Waals surface area contributed by atoms with Crippen LogP contribution in [0.25, 0.3) is 15.9 Å². The number of rotatable bonds is 5. The molecule has 0 N–H and O–H groups in total. The summed E-state index contributed by atoms with van der Waals surface area (Å²) in [5.74, 6) is 0.676. The number of hydrogen-bond acceptors (Lipinski definition) is 5. The van der Waals surface area contributed by atoms with Crippen molar-refractivity contribution in [1.29, 1.82) is 0 Å². The SMILES string of the molecule is CN(C)CCSc1nc2sc3c(c2c(=O)n1-c1cccc(C(F)(F)F)c1)CCCC3. The van der Waals surface area contributed by atoms with Gasteiger partial charge in [-0.3, -0.25) is 9.36 Å². The first-order valence-corrected chi connectivity index (χ1v) is 11.6. The first-order chi connectivity index (χ1) is 14.3. The van der Waals surface area contributed by atoms with Crippen LogP contribution in [0, 0.1) is 0 Å². The van der Waals surface area contributed by atoms with Gasteiger partial charge in [0.2, 0.25) is 0 Å². The zero-order valence-corrected chi connectivity index (χ0v) is 18.4. The van der Waals surface area contributed by atoms with Crippen LogP contribution in [-0.4, -0.2) is 40.8 Å². The summed E-state index contributed by atoms with van der Waals surface area (Å²) >= 11 is 2.95. The molecule has 2 aromatic heterocycles. The summed E-state index contributed by atoms with van der Waals surface area (Å²) in [4.78, 5) is 22.2. The molecule has 3 aromatic rings. The van der Waals surface area contributed by atoms with Crippen molar-refractivity contribution in [3.63, 3.8) is 0 Å². The Hall–Kier alpha value is -1.84. The largest absolute Gasteiger partial charge is 0.416 e. The fraction of sp³-hybridized carbons (Fsp3) is 0.429. The van der Waals surface area contributed by atoms with Crippen LogP contribution in [0.2, 0.25) is 0 Å². The summed E-state index contributed by atoms with van der Waals surface area (Å²) in [7, 11) is 3.90. The number of benzene rings is 1. The molecule has 0 unspecified atom stereocenters. The number of thioether (sulfide) groups is 1. The average molecular weight is 454 g/mol. The Labute approximate surface area is 180 Å². The Balaban J connectivity index is 1.91. The number of nitrogens with zero attached hydrogens (tertiary/aromatic N) is 3. The van der Waals surface area contributed by atoms with E-state index < -0.39 is 11.7 Å². The minimum atomic E-state index is -4.48. The van der Waals surface area contributed by atoms with E-state index in [1.54, 1.807) is 17.4 Å². The van der Waals surface area contributed by atoms with Crippen LogP contribution >= 0.6 is 23.1 Å². The van der Waals surface area contributed by atoms with Crippen LogP contribution in [0.1, 0.15) is 28.8 Å². The zero-order chi connectivity index (χ0) is 21.5. The molecule has 1 aliphatic rings. The Morgan fingerprint density at radius 1 is 1.23 bits per heavy atom. The molecule has 0 spiro atoms. The van der Waals surface area contributed by atoms with Crippen LogP contribution in [0.3, 0.4) is 0 Å². The van der Waals surface area contributed by atoms with Gasteiger partial charge in [0.05, 0.1) is 16.6 Å². The molecule has 0 aliphatic heterocycles. The maximum atomic E-state index is 13.6. The van der Waals surface area contributed by atoms with Crippen molar-refractivity contribution in [2.45, 2.75) is 37.0 Å². The Bertz CT molecular complexity index is 1130. The summed E-state index contributed by atoms with van der Waals surface area (Å²) in [5.41, 5.74) is 0.186. The van der Waals surface area contributed by atoms with Gasteiger partial charge in [-0.05, 0) is 63.5 Å². The third kappa shape index (κ3) is 4.15. The molecule has 30 heavy (non-hydrogen) atoms. The molecule has 4 rings (SSSR count). The molecule has 0 saturated carbocycles. The summed E-state index contributed by atoms with van der Waals surface area (Å²) in [5, 5.41) is 1.01. The van der Waals surface area contributed by atoms with E-state index in [9.17, 15) is 18.0 Å². The minimum Gasteiger partial charge on any atom is -0.309 e. The second kappa shape index (κ2) is 8.36. The number of aromatic nitrogens is 2. The van der Waals surface area contributed by atoms with E-state index in [0.717, 1.165) is 49.9 Å². The van der Waals surface area contributed by atoms with Gasteiger partial charge in [-0.2, -0.15) is 13.2 Å². The van der Waals surface area contributed by atoms with E-state index in [-0.39, 0.29) is 11.2 Å². The van der Waals surface area contributed by atoms with Gasteiger partial charge >= 0.3 is 6.18 Å². The van der Waals surface area contributed by atoms with Crippen molar-refractivity contribution in [2.24, 2.45) is 0 Å². The molecule has 4 nitrogen and oxygen atoms in total. The standard InChI is InChI=1S/C21H22F3N3OS2/c1-26(2)10-11-29-20-25-18-17(15-8-3-4-9-16(15)30-18)19(28)27(20)14-7-5-6-13(12-14)21(22,23)24/h5-7,12H,3-4,8-11H2,1-2H3. The maximum Gasteiger partial charge on any atom is 0.416 e. The topological polar surface area (TPSA) is 38.1 Å². The number of halogens is 3. The number of aryl methyl sites for hydroxylation is 2. The molecule has 160 valence electrons. The van der Waals surface area contributed by atoms with E-state index in [1.165, 1.54) is 27.3 Å². The maximum absolute atomic E-state index is 13.6. The molecule has 9 heteroatoms. The lowest BCUT2D eigenvalue weighted by Crippen LogP contribution is -2.23. The quantitative estimate of drug-likeness (QED) is 0.403. The molecule has 0 fully saturated rings. The van der Waals surface area contributed by atoms with Crippen LogP contribution in [-0.2, 0) is 19.0 Å². The van der Waals surface area contributed by atoms with Gasteiger partial charge < -0.3 is 4.90 Å². The molecule has 0 atom stereocenters. The fourth-order valence-corrected chi connectivity index (χ4v) is 6.07. The van der Waals surface area contributed by atoms with Crippen molar-refractivity contribution in [3.8, 4) is 5.69 Å². The predicted molar refractivity (Wildman–Crippen MR) is 116 cm³/mol. The van der Waals surface area contributed by atoms with E-state index in [2.05, 4.69) is 0 Å². The van der Waals surface area contributed by atoms with Gasteiger partial charge in [0.25, 0.3) is 5.56 Å². The van der Waals surface area contributed by atoms with Crippen LogP contribution < -0.4 is 5.56 Å². The van der Waals surface area contributed by atoms with Gasteiger partial charge in [-0.15, -0.1) is 11.3 Å². The Kier molecular flexibility index (Phi) is 5.96. The second-order valence-electron chi connectivity index (χ2n) is 7.63. The van der Waals surface area contributed by atoms with Crippen molar-refractivity contribution >= 4 is 33.3 Å². The summed E-state index contributed by atoms with van der Waals surface area (Å²) in [6.07, 6.45) is -0.616. The number of thiophene rings is 1. The molecule has 0 amide bonds. The molecular weight excluding hydrogens is 431 g/mol. The normalized spacial score (nSPS) is 14.5. The molecule has 1 aromatic carbocycles. The number of alkyl halides is 3. The highest BCUT2D eigenvalue weighted by Crippen LogP contribution is 2.36. The highest BCUT2D eigenvalue weighted by atomic mass is 32.2. The molecule has 0 bridgehead atoms. The fourth-order valence-electron chi connectivity index (χ4n) is 3.65. The van der Waals surface area contributed by atoms with Crippen LogP contribution in [0.15, 0.2) is 34.2 Å². The highest BCUT2D eigenvalue weighted by Gasteiger charge is 2.31. The van der Waals surface area contributed by atoms with E-state index in [4.69, 9.17) is 4.98 Å². The monoisotopic (exact) mass is 453 g/mol. The first-order valence-electron chi connectivity index (χ1n) is 9.78. The van der Waals surface area contributed by atoms with Crippen LogP contribution in [0.4, 0.5) is 13.2 Å². The minimum absolute atomic E-state index is 0.201. The van der Waals surface area contributed by atoms with E-state index in [0.29, 0.717) is 21.1 Å². The van der Waals surface area contributed by atoms with Gasteiger partial charge in [-0.25, -0.2) is 4.98 Å². The molecule has 1 aliphatic carbocycles. The lowest BCUT2D eigenvalue weighted by atomic mass is 9.97. The summed E-state index contributed by atoms with van der Waals surface area (Å²) in [6.45, 7) is 0.766. The third-order valence-corrected chi connectivity index (χ3v) is 7.26. The molecular formula is C21H22F3N3OS2. The van der Waals surface area contributed by atoms with Crippen molar-refractivity contribution in [1.82, 2.24) is 14.5 Å². The van der Waals surface area contributed by atoms with Gasteiger partial charge in [0.15, 0.2) is 5.16 Å². The Morgan fingerprint density at radius 3 is 2.73 bits per heavy atom. The van der Waals surface area contributed by atoms with Gasteiger partial charge in [0.1, 0.15) is 4.83 Å². The van der Waals surface area contributed by atoms with Gasteiger partial charge in [0, 0.05) is 17.2 Å². The second-order valence-corrected chi connectivity index (χ2v) is 9.77. The van der Waals surface area contributed by atoms with Crippen molar-refractivity contribution in [3.05, 3.63) is 50.6 Å². The summed E-state index contributed by atoms with van der Waals surface area (Å²) < 4.78 is 41.2. The highest BCUT2D eigenvalue weighted by molar-refractivity contribution is 7.99. The third-order valence-electron chi connectivity index (χ3n) is 5.16. The molecule has 0 saturated heterocycles. The zero-order valence-electron chi connectivity index (χ0n) is 16.8. The van der Waals surface area contributed by atoms with Crippen LogP contribution in [0.5, 0.6) is 0 Å². The average Bonchev–Trinajstić information content (AvgIpc) is 3.06. The van der Waals surface area contributed by atoms with E-state index >= 15 is 0 Å². The van der Waals surface area contributed by atoms with Crippen molar-refractivity contribution < 1.29 is 13.2 Å². The molecule has 2 heterocycles. The van der Waals surface area contributed by atoms with E-state index in [1.807, 2.05) is 19.0 Å².